The van der Waals surface area contributed by atoms with E-state index in [2.05, 4.69) is 21.4 Å². The summed E-state index contributed by atoms with van der Waals surface area (Å²) in [5.74, 6) is 5.52. The van der Waals surface area contributed by atoms with E-state index in [1.807, 2.05) is 18.4 Å². The molecule has 0 radical (unpaired) electrons. The van der Waals surface area contributed by atoms with E-state index < -0.39 is 0 Å². The van der Waals surface area contributed by atoms with E-state index in [9.17, 15) is 0 Å². The second-order valence-electron chi connectivity index (χ2n) is 3.13. The summed E-state index contributed by atoms with van der Waals surface area (Å²) in [5, 5.41) is 2.04. The highest BCUT2D eigenvalue weighted by Gasteiger charge is 2.17. The lowest BCUT2D eigenvalue weighted by Crippen LogP contribution is -2.30. The predicted octanol–water partition coefficient (Wildman–Crippen LogP) is 2.44. The van der Waals surface area contributed by atoms with Gasteiger partial charge >= 0.3 is 0 Å². The smallest absolute Gasteiger partial charge is 0.0589 e. The van der Waals surface area contributed by atoms with Crippen molar-refractivity contribution in [2.45, 2.75) is 25.5 Å². The zero-order valence-electron chi connectivity index (χ0n) is 8.29. The number of halogens is 1. The summed E-state index contributed by atoms with van der Waals surface area (Å²) < 4.78 is 6.32. The number of nitrogens with one attached hydrogen (secondary N) is 1. The highest BCUT2D eigenvalue weighted by molar-refractivity contribution is 9.10. The van der Waals surface area contributed by atoms with Crippen molar-refractivity contribution in [2.24, 2.45) is 5.84 Å². The van der Waals surface area contributed by atoms with Crippen LogP contribution in [0, 0.1) is 0 Å². The summed E-state index contributed by atoms with van der Waals surface area (Å²) >= 11 is 5.18. The van der Waals surface area contributed by atoms with E-state index in [-0.39, 0.29) is 12.1 Å². The van der Waals surface area contributed by atoms with Gasteiger partial charge in [0.1, 0.15) is 0 Å². The third kappa shape index (κ3) is 3.03. The predicted molar refractivity (Wildman–Crippen MR) is 63.2 cm³/mol. The first-order valence-corrected chi connectivity index (χ1v) is 6.08. The fourth-order valence-corrected chi connectivity index (χ4v) is 2.96. The fraction of sp³-hybridized carbons (Fsp3) is 0.556. The second kappa shape index (κ2) is 5.82. The van der Waals surface area contributed by atoms with Crippen LogP contribution < -0.4 is 11.3 Å². The first-order chi connectivity index (χ1) is 6.69. The van der Waals surface area contributed by atoms with Gasteiger partial charge in [-0.15, -0.1) is 11.3 Å². The Morgan fingerprint density at radius 2 is 2.43 bits per heavy atom. The Hall–Kier alpha value is 0.0600. The first-order valence-electron chi connectivity index (χ1n) is 4.40. The molecule has 5 heteroatoms. The molecule has 0 fully saturated rings. The van der Waals surface area contributed by atoms with Gasteiger partial charge < -0.3 is 4.74 Å². The van der Waals surface area contributed by atoms with Crippen LogP contribution in [0.15, 0.2) is 15.9 Å². The van der Waals surface area contributed by atoms with E-state index in [1.54, 1.807) is 18.4 Å². The molecule has 1 aromatic heterocycles. The Kier molecular flexibility index (Phi) is 5.05. The van der Waals surface area contributed by atoms with Crippen LogP contribution in [0.3, 0.4) is 0 Å². The third-order valence-electron chi connectivity index (χ3n) is 2.13. The van der Waals surface area contributed by atoms with Gasteiger partial charge in [0.2, 0.25) is 0 Å². The van der Waals surface area contributed by atoms with Gasteiger partial charge in [-0.1, -0.05) is 0 Å². The van der Waals surface area contributed by atoms with Crippen LogP contribution in [0.1, 0.15) is 24.3 Å². The molecule has 0 bridgehead atoms. The molecule has 3 nitrogen and oxygen atoms in total. The monoisotopic (exact) mass is 278 g/mol. The zero-order valence-corrected chi connectivity index (χ0v) is 10.7. The second-order valence-corrected chi connectivity index (χ2v) is 4.94. The lowest BCUT2D eigenvalue weighted by molar-refractivity contribution is 0.101. The van der Waals surface area contributed by atoms with Crippen molar-refractivity contribution >= 4 is 27.3 Å². The van der Waals surface area contributed by atoms with Crippen LogP contribution in [0.25, 0.3) is 0 Å². The minimum Gasteiger partial charge on any atom is -0.382 e. The molecule has 0 saturated carbocycles. The maximum Gasteiger partial charge on any atom is 0.0589 e. The molecule has 1 rings (SSSR count). The maximum atomic E-state index is 5.52. The normalized spacial score (nSPS) is 15.4. The highest BCUT2D eigenvalue weighted by atomic mass is 79.9. The van der Waals surface area contributed by atoms with E-state index in [4.69, 9.17) is 10.6 Å². The molecule has 1 heterocycles. The van der Waals surface area contributed by atoms with Crippen LogP contribution in [0.4, 0.5) is 0 Å². The molecule has 0 spiro atoms. The van der Waals surface area contributed by atoms with Gasteiger partial charge in [-0.25, -0.2) is 0 Å². The zero-order chi connectivity index (χ0) is 10.6. The van der Waals surface area contributed by atoms with E-state index >= 15 is 0 Å². The van der Waals surface area contributed by atoms with Crippen molar-refractivity contribution < 1.29 is 4.74 Å². The van der Waals surface area contributed by atoms with Gasteiger partial charge in [-0.05, 0) is 40.7 Å². The molecule has 0 aliphatic rings. The molecule has 0 aliphatic heterocycles. The molecule has 1 aromatic rings. The minimum atomic E-state index is 0.152. The summed E-state index contributed by atoms with van der Waals surface area (Å²) in [7, 11) is 1.71. The standard InChI is InChI=1S/C9H15BrN2OS/c1-6(13-2)5-8(12-11)9-7(10)3-4-14-9/h3-4,6,8,12H,5,11H2,1-2H3. The van der Waals surface area contributed by atoms with Gasteiger partial charge in [0.15, 0.2) is 0 Å². The Bertz CT molecular complexity index is 280. The number of thiophene rings is 1. The number of ether oxygens (including phenoxy) is 1. The lowest BCUT2D eigenvalue weighted by Gasteiger charge is -2.18. The minimum absolute atomic E-state index is 0.152. The summed E-state index contributed by atoms with van der Waals surface area (Å²) in [6, 6.07) is 2.18. The van der Waals surface area contributed by atoms with Crippen molar-refractivity contribution in [1.29, 1.82) is 0 Å². The van der Waals surface area contributed by atoms with Gasteiger partial charge in [-0.3, -0.25) is 11.3 Å². The average molecular weight is 279 g/mol. The van der Waals surface area contributed by atoms with E-state index in [1.165, 1.54) is 4.88 Å². The molecule has 2 atom stereocenters. The average Bonchev–Trinajstić information content (AvgIpc) is 2.60. The summed E-state index contributed by atoms with van der Waals surface area (Å²) in [4.78, 5) is 1.22. The Morgan fingerprint density at radius 3 is 2.86 bits per heavy atom. The number of hydrazine groups is 1. The molecule has 0 aliphatic carbocycles. The van der Waals surface area contributed by atoms with Crippen LogP contribution in [0.5, 0.6) is 0 Å². The number of hydrogen-bond donors (Lipinski definition) is 2. The fourth-order valence-electron chi connectivity index (χ4n) is 1.23. The molecular weight excluding hydrogens is 264 g/mol. The Balaban J connectivity index is 2.67. The molecule has 80 valence electrons. The maximum absolute atomic E-state index is 5.52. The molecule has 14 heavy (non-hydrogen) atoms. The van der Waals surface area contributed by atoms with Gasteiger partial charge in [0.25, 0.3) is 0 Å². The van der Waals surface area contributed by atoms with E-state index in [0.717, 1.165) is 10.9 Å². The SMILES string of the molecule is COC(C)CC(NN)c1sccc1Br. The summed E-state index contributed by atoms with van der Waals surface area (Å²) in [5.41, 5.74) is 2.81. The van der Waals surface area contributed by atoms with Gasteiger partial charge in [-0.2, -0.15) is 0 Å². The van der Waals surface area contributed by atoms with Crippen LogP contribution >= 0.6 is 27.3 Å². The van der Waals surface area contributed by atoms with Crippen LogP contribution in [-0.4, -0.2) is 13.2 Å². The molecule has 2 unspecified atom stereocenters. The lowest BCUT2D eigenvalue weighted by atomic mass is 10.1. The molecule has 0 saturated heterocycles. The summed E-state index contributed by atoms with van der Waals surface area (Å²) in [6.45, 7) is 2.03. The number of nitrogens with two attached hydrogens (primary N) is 1. The first kappa shape index (κ1) is 12.1. The molecule has 0 amide bonds. The number of hydrogen-bond acceptors (Lipinski definition) is 4. The van der Waals surface area contributed by atoms with Gasteiger partial charge in [0.05, 0.1) is 12.1 Å². The number of rotatable bonds is 5. The van der Waals surface area contributed by atoms with Crippen molar-refractivity contribution in [2.75, 3.05) is 7.11 Å². The Labute approximate surface area is 96.7 Å². The number of methoxy groups -OCH3 is 1. The topological polar surface area (TPSA) is 47.3 Å². The van der Waals surface area contributed by atoms with Crippen molar-refractivity contribution in [3.63, 3.8) is 0 Å². The molecule has 0 aromatic carbocycles. The molecule has 3 N–H and O–H groups in total. The summed E-state index contributed by atoms with van der Waals surface area (Å²) in [6.07, 6.45) is 1.07. The largest absolute Gasteiger partial charge is 0.382 e. The molecular formula is C9H15BrN2OS. The van der Waals surface area contributed by atoms with Crippen molar-refractivity contribution in [1.82, 2.24) is 5.43 Å². The Morgan fingerprint density at radius 1 is 1.71 bits per heavy atom. The quantitative estimate of drug-likeness (QED) is 0.643. The van der Waals surface area contributed by atoms with E-state index in [0.29, 0.717) is 0 Å². The van der Waals surface area contributed by atoms with Gasteiger partial charge in [0, 0.05) is 16.5 Å². The van der Waals surface area contributed by atoms with Crippen molar-refractivity contribution in [3.8, 4) is 0 Å². The third-order valence-corrected chi connectivity index (χ3v) is 4.12. The highest BCUT2D eigenvalue weighted by Crippen LogP contribution is 2.31. The van der Waals surface area contributed by atoms with Crippen LogP contribution in [0.2, 0.25) is 0 Å². The van der Waals surface area contributed by atoms with Crippen molar-refractivity contribution in [3.05, 3.63) is 20.8 Å². The van der Waals surface area contributed by atoms with Crippen LogP contribution in [-0.2, 0) is 4.74 Å².